The topological polar surface area (TPSA) is 9.23 Å². The molecule has 1 nitrogen and oxygen atoms in total. The summed E-state index contributed by atoms with van der Waals surface area (Å²) in [4.78, 5) is 0. The monoisotopic (exact) mass is 184 g/mol. The van der Waals surface area contributed by atoms with Crippen molar-refractivity contribution in [1.82, 2.24) is 0 Å². The summed E-state index contributed by atoms with van der Waals surface area (Å²) in [5, 5.41) is 0. The summed E-state index contributed by atoms with van der Waals surface area (Å²) in [7, 11) is 0. The van der Waals surface area contributed by atoms with E-state index in [1.807, 2.05) is 0 Å². The first-order valence-corrected chi connectivity index (χ1v) is 5.36. The van der Waals surface area contributed by atoms with Gasteiger partial charge in [0.15, 0.2) is 0 Å². The minimum atomic E-state index is 0.324. The number of ether oxygens (including phenoxy) is 1. The Bertz CT molecular complexity index is 143. The second kappa shape index (κ2) is 7.14. The van der Waals surface area contributed by atoms with Crippen molar-refractivity contribution in [1.29, 1.82) is 0 Å². The first-order chi connectivity index (χ1) is 6.06. The Morgan fingerprint density at radius 3 is 2.31 bits per heavy atom. The summed E-state index contributed by atoms with van der Waals surface area (Å²) in [6.45, 7) is 10.7. The van der Waals surface area contributed by atoms with Gasteiger partial charge < -0.3 is 4.74 Å². The molecule has 1 atom stereocenters. The molecule has 0 aromatic carbocycles. The zero-order valence-corrected chi connectivity index (χ0v) is 9.76. The van der Waals surface area contributed by atoms with E-state index in [0.29, 0.717) is 12.2 Å². The van der Waals surface area contributed by atoms with Crippen LogP contribution in [0.5, 0.6) is 0 Å². The van der Waals surface area contributed by atoms with Gasteiger partial charge in [0.05, 0.1) is 12.2 Å². The summed E-state index contributed by atoms with van der Waals surface area (Å²) < 4.78 is 5.79. The highest BCUT2D eigenvalue weighted by atomic mass is 16.5. The summed E-state index contributed by atoms with van der Waals surface area (Å²) in [5.74, 6) is 0. The molecule has 0 aromatic heterocycles. The third-order valence-corrected chi connectivity index (χ3v) is 1.81. The minimum Gasteiger partial charge on any atom is -0.371 e. The molecular formula is C12H24O. The second-order valence-electron chi connectivity index (χ2n) is 4.11. The molecule has 0 saturated carbocycles. The van der Waals surface area contributed by atoms with Crippen molar-refractivity contribution >= 4 is 0 Å². The maximum absolute atomic E-state index is 5.79. The molecule has 1 heteroatoms. The number of unbranched alkanes of at least 4 members (excludes halogenated alkanes) is 1. The van der Waals surface area contributed by atoms with Gasteiger partial charge in [-0.2, -0.15) is 0 Å². The molecule has 0 heterocycles. The molecule has 0 radical (unpaired) electrons. The van der Waals surface area contributed by atoms with Gasteiger partial charge in [-0.1, -0.05) is 31.4 Å². The van der Waals surface area contributed by atoms with E-state index >= 15 is 0 Å². The molecule has 0 N–H and O–H groups in total. The van der Waals surface area contributed by atoms with Gasteiger partial charge in [-0.15, -0.1) is 0 Å². The van der Waals surface area contributed by atoms with Crippen LogP contribution in [0.4, 0.5) is 0 Å². The fourth-order valence-electron chi connectivity index (χ4n) is 1.32. The van der Waals surface area contributed by atoms with E-state index in [4.69, 9.17) is 4.74 Å². The van der Waals surface area contributed by atoms with Crippen LogP contribution in [0.15, 0.2) is 11.6 Å². The lowest BCUT2D eigenvalue weighted by molar-refractivity contribution is 0.0296. The Morgan fingerprint density at radius 2 is 1.92 bits per heavy atom. The third kappa shape index (κ3) is 8.04. The second-order valence-corrected chi connectivity index (χ2v) is 4.11. The van der Waals surface area contributed by atoms with Crippen molar-refractivity contribution in [2.45, 2.75) is 66.1 Å². The fourth-order valence-corrected chi connectivity index (χ4v) is 1.32. The van der Waals surface area contributed by atoms with Crippen LogP contribution in [0.25, 0.3) is 0 Å². The van der Waals surface area contributed by atoms with Crippen LogP contribution in [0.2, 0.25) is 0 Å². The Balaban J connectivity index is 3.95. The van der Waals surface area contributed by atoms with Crippen molar-refractivity contribution in [3.05, 3.63) is 11.6 Å². The lowest BCUT2D eigenvalue weighted by Crippen LogP contribution is -2.15. The Hall–Kier alpha value is -0.300. The predicted molar refractivity (Wildman–Crippen MR) is 59.0 cm³/mol. The van der Waals surface area contributed by atoms with Crippen molar-refractivity contribution in [3.63, 3.8) is 0 Å². The highest BCUT2D eigenvalue weighted by Crippen LogP contribution is 2.10. The van der Waals surface area contributed by atoms with Gasteiger partial charge in [0.2, 0.25) is 0 Å². The minimum absolute atomic E-state index is 0.324. The molecule has 1 unspecified atom stereocenters. The fraction of sp³-hybridized carbons (Fsp3) is 0.833. The molecule has 13 heavy (non-hydrogen) atoms. The standard InChI is InChI=1S/C12H24O/c1-6-7-8-12(9-10(2)3)13-11(4)5/h9,11-12H,6-8H2,1-5H3. The first-order valence-electron chi connectivity index (χ1n) is 5.36. The molecule has 0 spiro atoms. The zero-order chi connectivity index (χ0) is 10.3. The van der Waals surface area contributed by atoms with Gasteiger partial charge in [0, 0.05) is 0 Å². The van der Waals surface area contributed by atoms with E-state index in [-0.39, 0.29) is 0 Å². The van der Waals surface area contributed by atoms with E-state index in [1.54, 1.807) is 0 Å². The highest BCUT2D eigenvalue weighted by molar-refractivity contribution is 4.98. The van der Waals surface area contributed by atoms with Crippen LogP contribution in [0, 0.1) is 0 Å². The molecule has 0 aliphatic carbocycles. The first kappa shape index (κ1) is 12.7. The lowest BCUT2D eigenvalue weighted by Gasteiger charge is -2.17. The Morgan fingerprint density at radius 1 is 1.31 bits per heavy atom. The number of hydrogen-bond acceptors (Lipinski definition) is 1. The van der Waals surface area contributed by atoms with Gasteiger partial charge in [0.25, 0.3) is 0 Å². The smallest absolute Gasteiger partial charge is 0.0761 e. The quantitative estimate of drug-likeness (QED) is 0.568. The molecule has 0 saturated heterocycles. The SMILES string of the molecule is CCCCC(C=C(C)C)OC(C)C. The van der Waals surface area contributed by atoms with Gasteiger partial charge in [-0.25, -0.2) is 0 Å². The maximum Gasteiger partial charge on any atom is 0.0761 e. The molecule has 78 valence electrons. The van der Waals surface area contributed by atoms with Crippen LogP contribution in [0.1, 0.15) is 53.9 Å². The number of allylic oxidation sites excluding steroid dienone is 1. The Labute approximate surface area is 83.2 Å². The van der Waals surface area contributed by atoms with E-state index < -0.39 is 0 Å². The number of hydrogen-bond donors (Lipinski definition) is 0. The van der Waals surface area contributed by atoms with E-state index in [2.05, 4.69) is 40.7 Å². The average Bonchev–Trinajstić information content (AvgIpc) is 1.98. The van der Waals surface area contributed by atoms with Crippen molar-refractivity contribution in [2.75, 3.05) is 0 Å². The molecule has 0 aliphatic rings. The van der Waals surface area contributed by atoms with Crippen LogP contribution in [-0.2, 0) is 4.74 Å². The van der Waals surface area contributed by atoms with Crippen molar-refractivity contribution in [3.8, 4) is 0 Å². The van der Waals surface area contributed by atoms with Crippen LogP contribution in [0.3, 0.4) is 0 Å². The van der Waals surface area contributed by atoms with Crippen LogP contribution in [-0.4, -0.2) is 12.2 Å². The van der Waals surface area contributed by atoms with Crippen molar-refractivity contribution in [2.24, 2.45) is 0 Å². The van der Waals surface area contributed by atoms with Crippen LogP contribution < -0.4 is 0 Å². The summed E-state index contributed by atoms with van der Waals surface area (Å²) in [6.07, 6.45) is 6.54. The lowest BCUT2D eigenvalue weighted by atomic mass is 10.1. The molecule has 0 rings (SSSR count). The van der Waals surface area contributed by atoms with Gasteiger partial charge in [-0.05, 0) is 34.1 Å². The largest absolute Gasteiger partial charge is 0.371 e. The summed E-state index contributed by atoms with van der Waals surface area (Å²) >= 11 is 0. The number of rotatable bonds is 6. The van der Waals surface area contributed by atoms with Gasteiger partial charge >= 0.3 is 0 Å². The molecule has 0 bridgehead atoms. The molecule has 0 aliphatic heterocycles. The third-order valence-electron chi connectivity index (χ3n) is 1.81. The van der Waals surface area contributed by atoms with E-state index in [0.717, 1.165) is 6.42 Å². The van der Waals surface area contributed by atoms with Gasteiger partial charge in [0.1, 0.15) is 0 Å². The van der Waals surface area contributed by atoms with E-state index in [1.165, 1.54) is 18.4 Å². The Kier molecular flexibility index (Phi) is 6.97. The predicted octanol–water partition coefficient (Wildman–Crippen LogP) is 3.94. The molecule has 0 aromatic rings. The zero-order valence-electron chi connectivity index (χ0n) is 9.76. The van der Waals surface area contributed by atoms with Crippen LogP contribution >= 0.6 is 0 Å². The van der Waals surface area contributed by atoms with Gasteiger partial charge in [-0.3, -0.25) is 0 Å². The van der Waals surface area contributed by atoms with Crippen molar-refractivity contribution < 1.29 is 4.74 Å². The summed E-state index contributed by atoms with van der Waals surface area (Å²) in [6, 6.07) is 0. The summed E-state index contributed by atoms with van der Waals surface area (Å²) in [5.41, 5.74) is 1.35. The molecular weight excluding hydrogens is 160 g/mol. The normalized spacial score (nSPS) is 13.1. The molecule has 0 fully saturated rings. The average molecular weight is 184 g/mol. The molecule has 0 amide bonds. The van der Waals surface area contributed by atoms with E-state index in [9.17, 15) is 0 Å². The maximum atomic E-state index is 5.79. The highest BCUT2D eigenvalue weighted by Gasteiger charge is 2.06.